The third kappa shape index (κ3) is 4.69. The molecule has 0 bridgehead atoms. The molecule has 1 aromatic carbocycles. The summed E-state index contributed by atoms with van der Waals surface area (Å²) in [5.74, 6) is 0.388. The third-order valence-corrected chi connectivity index (χ3v) is 4.11. The van der Waals surface area contributed by atoms with Crippen LogP contribution in [0.4, 0.5) is 14.9 Å². The molecule has 2 aromatic rings. The average Bonchev–Trinajstić information content (AvgIpc) is 3.06. The van der Waals surface area contributed by atoms with E-state index in [9.17, 15) is 9.18 Å². The second kappa shape index (κ2) is 8.43. The van der Waals surface area contributed by atoms with Crippen molar-refractivity contribution < 1.29 is 23.2 Å². The van der Waals surface area contributed by atoms with Crippen molar-refractivity contribution in [2.75, 3.05) is 32.1 Å². The predicted molar refractivity (Wildman–Crippen MR) is 90.5 cm³/mol. The topological polar surface area (TPSA) is 89.7 Å². The molecule has 1 fully saturated rings. The smallest absolute Gasteiger partial charge is 0.322 e. The first kappa shape index (κ1) is 18.6. The van der Waals surface area contributed by atoms with Crippen molar-refractivity contribution in [2.45, 2.75) is 19.1 Å². The lowest BCUT2D eigenvalue weighted by molar-refractivity contribution is -0.0148. The van der Waals surface area contributed by atoms with Gasteiger partial charge < -0.3 is 24.2 Å². The quantitative estimate of drug-likeness (QED) is 0.851. The summed E-state index contributed by atoms with van der Waals surface area (Å²) in [6, 6.07) is 3.41. The molecule has 3 rings (SSSR count). The number of anilines is 1. The van der Waals surface area contributed by atoms with Gasteiger partial charge in [-0.15, -0.1) is 0 Å². The molecule has 1 saturated heterocycles. The summed E-state index contributed by atoms with van der Waals surface area (Å²) >= 11 is 5.98. The Hall–Kier alpha value is -2.23. The van der Waals surface area contributed by atoms with E-state index in [0.29, 0.717) is 37.8 Å². The molecule has 0 aliphatic carbocycles. The molecule has 0 spiro atoms. The largest absolute Gasteiger partial charge is 0.377 e. The second-order valence-corrected chi connectivity index (χ2v) is 6.14. The second-order valence-electron chi connectivity index (χ2n) is 5.73. The van der Waals surface area contributed by atoms with E-state index in [4.69, 9.17) is 25.6 Å². The van der Waals surface area contributed by atoms with Gasteiger partial charge >= 0.3 is 6.03 Å². The minimum absolute atomic E-state index is 0.223. The van der Waals surface area contributed by atoms with E-state index < -0.39 is 5.82 Å². The van der Waals surface area contributed by atoms with Crippen LogP contribution < -0.4 is 5.32 Å². The summed E-state index contributed by atoms with van der Waals surface area (Å²) in [7, 11) is 1.54. The van der Waals surface area contributed by atoms with E-state index in [0.717, 1.165) is 0 Å². The maximum absolute atomic E-state index is 13.3. The number of halogens is 2. The van der Waals surface area contributed by atoms with Crippen LogP contribution in [0.2, 0.25) is 5.02 Å². The molecular weight excluding hydrogens is 367 g/mol. The molecule has 2 amide bonds. The SMILES string of the molecule is COCc1noc(CC2CN(C(=O)Nc3cc(F)ccc3Cl)CCO2)n1. The normalized spacial score (nSPS) is 17.3. The van der Waals surface area contributed by atoms with Crippen molar-refractivity contribution in [3.05, 3.63) is 40.8 Å². The van der Waals surface area contributed by atoms with Crippen molar-refractivity contribution in [1.82, 2.24) is 15.0 Å². The van der Waals surface area contributed by atoms with Gasteiger partial charge in [-0.05, 0) is 18.2 Å². The zero-order valence-electron chi connectivity index (χ0n) is 14.1. The summed E-state index contributed by atoms with van der Waals surface area (Å²) in [6.07, 6.45) is 0.0922. The van der Waals surface area contributed by atoms with Crippen LogP contribution in [0.5, 0.6) is 0 Å². The van der Waals surface area contributed by atoms with E-state index >= 15 is 0 Å². The molecule has 1 atom stereocenters. The lowest BCUT2D eigenvalue weighted by Crippen LogP contribution is -2.48. The number of amides is 2. The zero-order valence-corrected chi connectivity index (χ0v) is 14.8. The number of methoxy groups -OCH3 is 1. The Labute approximate surface area is 154 Å². The Balaban J connectivity index is 1.58. The van der Waals surface area contributed by atoms with Crippen molar-refractivity contribution in [3.8, 4) is 0 Å². The van der Waals surface area contributed by atoms with Crippen molar-refractivity contribution in [2.24, 2.45) is 0 Å². The Morgan fingerprint density at radius 3 is 3.19 bits per heavy atom. The number of nitrogens with zero attached hydrogens (tertiary/aromatic N) is 3. The molecule has 1 unspecified atom stereocenters. The minimum atomic E-state index is -0.479. The highest BCUT2D eigenvalue weighted by Gasteiger charge is 2.26. The Bertz CT molecular complexity index is 772. The van der Waals surface area contributed by atoms with Gasteiger partial charge in [0.1, 0.15) is 12.4 Å². The van der Waals surface area contributed by atoms with E-state index in [1.165, 1.54) is 18.2 Å². The first-order valence-electron chi connectivity index (χ1n) is 7.98. The van der Waals surface area contributed by atoms with Gasteiger partial charge in [-0.2, -0.15) is 4.98 Å². The molecule has 0 radical (unpaired) electrons. The molecule has 1 aliphatic heterocycles. The average molecular weight is 385 g/mol. The number of hydrogen-bond donors (Lipinski definition) is 1. The number of aromatic nitrogens is 2. The van der Waals surface area contributed by atoms with E-state index in [2.05, 4.69) is 15.5 Å². The maximum atomic E-state index is 13.3. The van der Waals surface area contributed by atoms with Crippen LogP contribution in [0, 0.1) is 5.82 Å². The molecule has 140 valence electrons. The summed E-state index contributed by atoms with van der Waals surface area (Å²) in [6.45, 7) is 1.38. The number of morpholine rings is 1. The fraction of sp³-hybridized carbons (Fsp3) is 0.438. The number of ether oxygens (including phenoxy) is 2. The van der Waals surface area contributed by atoms with Gasteiger partial charge in [0.25, 0.3) is 0 Å². The van der Waals surface area contributed by atoms with Gasteiger partial charge in [-0.1, -0.05) is 16.8 Å². The zero-order chi connectivity index (χ0) is 18.5. The fourth-order valence-electron chi connectivity index (χ4n) is 2.57. The number of urea groups is 1. The lowest BCUT2D eigenvalue weighted by Gasteiger charge is -2.32. The van der Waals surface area contributed by atoms with Crippen molar-refractivity contribution in [3.63, 3.8) is 0 Å². The number of carbonyl (C=O) groups is 1. The van der Waals surface area contributed by atoms with Crippen LogP contribution in [0.25, 0.3) is 0 Å². The highest BCUT2D eigenvalue weighted by Crippen LogP contribution is 2.23. The number of nitrogens with one attached hydrogen (secondary N) is 1. The van der Waals surface area contributed by atoms with Crippen LogP contribution in [-0.2, 0) is 22.5 Å². The lowest BCUT2D eigenvalue weighted by atomic mass is 10.2. The van der Waals surface area contributed by atoms with Gasteiger partial charge in [0.2, 0.25) is 5.89 Å². The molecule has 1 aromatic heterocycles. The van der Waals surface area contributed by atoms with Crippen molar-refractivity contribution in [1.29, 1.82) is 0 Å². The maximum Gasteiger partial charge on any atom is 0.322 e. The van der Waals surface area contributed by atoms with Crippen LogP contribution in [0.3, 0.4) is 0 Å². The van der Waals surface area contributed by atoms with Crippen molar-refractivity contribution >= 4 is 23.3 Å². The minimum Gasteiger partial charge on any atom is -0.377 e. The van der Waals surface area contributed by atoms with E-state index in [1.807, 2.05) is 0 Å². The molecule has 2 heterocycles. The first-order valence-corrected chi connectivity index (χ1v) is 8.36. The van der Waals surface area contributed by atoms with E-state index in [-0.39, 0.29) is 29.5 Å². The molecule has 1 aliphatic rings. The van der Waals surface area contributed by atoms with Gasteiger partial charge in [-0.3, -0.25) is 0 Å². The van der Waals surface area contributed by atoms with Gasteiger partial charge in [0, 0.05) is 20.2 Å². The highest BCUT2D eigenvalue weighted by molar-refractivity contribution is 6.33. The molecular formula is C16H18ClFN4O4. The Kier molecular flexibility index (Phi) is 6.02. The number of carbonyl (C=O) groups excluding carboxylic acids is 1. The Morgan fingerprint density at radius 1 is 1.54 bits per heavy atom. The van der Waals surface area contributed by atoms with Crippen LogP contribution in [-0.4, -0.2) is 54.0 Å². The molecule has 8 nitrogen and oxygen atoms in total. The first-order chi connectivity index (χ1) is 12.5. The van der Waals surface area contributed by atoms with Gasteiger partial charge in [0.15, 0.2) is 5.82 Å². The highest BCUT2D eigenvalue weighted by atomic mass is 35.5. The molecule has 26 heavy (non-hydrogen) atoms. The third-order valence-electron chi connectivity index (χ3n) is 3.78. The molecule has 10 heteroatoms. The number of hydrogen-bond acceptors (Lipinski definition) is 6. The standard InChI is InChI=1S/C16H18ClFN4O4/c1-24-9-14-20-15(26-21-14)7-11-8-22(4-5-25-11)16(23)19-13-6-10(18)2-3-12(13)17/h2-3,6,11H,4-5,7-9H2,1H3,(H,19,23). The summed E-state index contributed by atoms with van der Waals surface area (Å²) in [5.41, 5.74) is 0.223. The van der Waals surface area contributed by atoms with Crippen LogP contribution in [0.1, 0.15) is 11.7 Å². The number of rotatable bonds is 5. The fourth-order valence-corrected chi connectivity index (χ4v) is 2.74. The van der Waals surface area contributed by atoms with Crippen LogP contribution in [0.15, 0.2) is 22.7 Å². The van der Waals surface area contributed by atoms with Crippen LogP contribution >= 0.6 is 11.6 Å². The predicted octanol–water partition coefficient (Wildman–Crippen LogP) is 2.48. The summed E-state index contributed by atoms with van der Waals surface area (Å²) in [4.78, 5) is 18.2. The van der Waals surface area contributed by atoms with Gasteiger partial charge in [-0.25, -0.2) is 9.18 Å². The van der Waals surface area contributed by atoms with E-state index in [1.54, 1.807) is 12.0 Å². The Morgan fingerprint density at radius 2 is 2.38 bits per heavy atom. The molecule has 1 N–H and O–H groups in total. The number of benzene rings is 1. The summed E-state index contributed by atoms with van der Waals surface area (Å²) < 4.78 is 29.1. The monoisotopic (exact) mass is 384 g/mol. The van der Waals surface area contributed by atoms with Gasteiger partial charge in [0.05, 0.1) is 29.8 Å². The summed E-state index contributed by atoms with van der Waals surface area (Å²) in [5, 5.41) is 6.67. The molecule has 0 saturated carbocycles.